The summed E-state index contributed by atoms with van der Waals surface area (Å²) >= 11 is 0. The van der Waals surface area contributed by atoms with Gasteiger partial charge in [0, 0.05) is 43.6 Å². The molecule has 1 saturated heterocycles. The van der Waals surface area contributed by atoms with Gasteiger partial charge < -0.3 is 9.80 Å². The minimum absolute atomic E-state index is 0.654. The lowest BCUT2D eigenvalue weighted by Gasteiger charge is -2.34. The van der Waals surface area contributed by atoms with Gasteiger partial charge in [-0.2, -0.15) is 5.21 Å². The monoisotopic (exact) mass is 405 g/mol. The fourth-order valence-corrected chi connectivity index (χ4v) is 5.06. The number of aromatic amines is 1. The third kappa shape index (κ3) is 3.50. The molecular weight excluding hydrogens is 374 g/mol. The van der Waals surface area contributed by atoms with Crippen LogP contribution in [-0.4, -0.2) is 57.2 Å². The molecule has 7 nitrogen and oxygen atoms in total. The van der Waals surface area contributed by atoms with Gasteiger partial charge in [-0.1, -0.05) is 19.1 Å². The van der Waals surface area contributed by atoms with Gasteiger partial charge >= 0.3 is 0 Å². The number of H-pyrrole nitrogens is 1. The van der Waals surface area contributed by atoms with Crippen molar-refractivity contribution in [1.82, 2.24) is 30.5 Å². The number of nitrogens with zero attached hydrogens (tertiary/aromatic N) is 6. The molecule has 0 bridgehead atoms. The lowest BCUT2D eigenvalue weighted by Crippen LogP contribution is -2.32. The third-order valence-electron chi connectivity index (χ3n) is 6.70. The van der Waals surface area contributed by atoms with E-state index in [1.807, 2.05) is 0 Å². The van der Waals surface area contributed by atoms with Crippen LogP contribution in [0.4, 0.5) is 5.82 Å². The summed E-state index contributed by atoms with van der Waals surface area (Å²) in [5.74, 6) is 2.35. The molecule has 2 aromatic heterocycles. The number of aromatic nitrogens is 5. The maximum atomic E-state index is 5.27. The molecule has 5 rings (SSSR count). The second kappa shape index (κ2) is 8.20. The molecule has 1 aliphatic carbocycles. The number of hydrogen-bond donors (Lipinski definition) is 1. The highest BCUT2D eigenvalue weighted by molar-refractivity contribution is 5.88. The van der Waals surface area contributed by atoms with Gasteiger partial charge in [-0.3, -0.25) is 0 Å². The normalized spacial score (nSPS) is 21.9. The largest absolute Gasteiger partial charge is 0.374 e. The van der Waals surface area contributed by atoms with Crippen molar-refractivity contribution in [3.05, 3.63) is 35.0 Å². The molecule has 0 spiro atoms. The molecule has 3 aliphatic rings. The number of allylic oxidation sites excluding steroid dienone is 2. The van der Waals surface area contributed by atoms with Crippen LogP contribution in [0.15, 0.2) is 18.2 Å². The Labute approximate surface area is 178 Å². The number of tetrazole rings is 1. The molecule has 2 aromatic rings. The first-order chi connectivity index (χ1) is 14.7. The van der Waals surface area contributed by atoms with Crippen LogP contribution in [0.25, 0.3) is 17.1 Å². The fourth-order valence-electron chi connectivity index (χ4n) is 5.06. The highest BCUT2D eigenvalue weighted by Crippen LogP contribution is 2.42. The van der Waals surface area contributed by atoms with Crippen LogP contribution in [0.2, 0.25) is 0 Å². The molecule has 1 fully saturated rings. The molecule has 0 radical (unpaired) electrons. The molecular formula is C23H31N7. The summed E-state index contributed by atoms with van der Waals surface area (Å²) in [5, 5.41) is 15.5. The highest BCUT2D eigenvalue weighted by atomic mass is 15.5. The summed E-state index contributed by atoms with van der Waals surface area (Å²) in [6.45, 7) is 5.44. The van der Waals surface area contributed by atoms with E-state index in [9.17, 15) is 0 Å². The van der Waals surface area contributed by atoms with Crippen molar-refractivity contribution in [3.8, 4) is 11.4 Å². The van der Waals surface area contributed by atoms with E-state index < -0.39 is 0 Å². The Bertz CT molecular complexity index is 954. The van der Waals surface area contributed by atoms with Crippen molar-refractivity contribution in [3.63, 3.8) is 0 Å². The summed E-state index contributed by atoms with van der Waals surface area (Å²) in [6.07, 6.45) is 14.8. The second-order valence-corrected chi connectivity index (χ2v) is 8.93. The van der Waals surface area contributed by atoms with Crippen molar-refractivity contribution in [2.45, 2.75) is 51.9 Å². The molecule has 7 heteroatoms. The van der Waals surface area contributed by atoms with Gasteiger partial charge in [-0.25, -0.2) is 4.98 Å². The summed E-state index contributed by atoms with van der Waals surface area (Å²) in [7, 11) is 2.19. The Balaban J connectivity index is 1.79. The molecule has 30 heavy (non-hydrogen) atoms. The van der Waals surface area contributed by atoms with Gasteiger partial charge in [0.1, 0.15) is 5.82 Å². The molecule has 0 aromatic carbocycles. The summed E-state index contributed by atoms with van der Waals surface area (Å²) in [6, 6.07) is 0. The quantitative estimate of drug-likeness (QED) is 0.841. The van der Waals surface area contributed by atoms with E-state index in [-0.39, 0.29) is 0 Å². The SMILES string of the molecule is CC1CCc2nc(N3CCCCC3)c(-c3nn[nH]n3)c(C3=CC=CCCN3C)c2C1. The van der Waals surface area contributed by atoms with Crippen LogP contribution >= 0.6 is 0 Å². The van der Waals surface area contributed by atoms with Crippen LogP contribution in [0.3, 0.4) is 0 Å². The van der Waals surface area contributed by atoms with Gasteiger partial charge in [0.25, 0.3) is 0 Å². The lowest BCUT2D eigenvalue weighted by molar-refractivity contribution is 0.478. The van der Waals surface area contributed by atoms with Crippen LogP contribution in [0, 0.1) is 5.92 Å². The summed E-state index contributed by atoms with van der Waals surface area (Å²) in [5.41, 5.74) is 6.20. The molecule has 1 atom stereocenters. The predicted octanol–water partition coefficient (Wildman–Crippen LogP) is 3.61. The number of fused-ring (bicyclic) bond motifs is 1. The zero-order valence-corrected chi connectivity index (χ0v) is 18.1. The van der Waals surface area contributed by atoms with Crippen LogP contribution in [-0.2, 0) is 12.8 Å². The van der Waals surface area contributed by atoms with E-state index in [1.54, 1.807) is 0 Å². The van der Waals surface area contributed by atoms with Crippen LogP contribution < -0.4 is 4.90 Å². The van der Waals surface area contributed by atoms with Crippen molar-refractivity contribution >= 4 is 11.5 Å². The summed E-state index contributed by atoms with van der Waals surface area (Å²) in [4.78, 5) is 10.1. The fraction of sp³-hybridized carbons (Fsp3) is 0.565. The minimum atomic E-state index is 0.654. The first-order valence-corrected chi connectivity index (χ1v) is 11.3. The number of piperidine rings is 1. The number of rotatable bonds is 3. The zero-order chi connectivity index (χ0) is 20.5. The molecule has 4 heterocycles. The van der Waals surface area contributed by atoms with Gasteiger partial charge in [-0.05, 0) is 67.7 Å². The van der Waals surface area contributed by atoms with Crippen molar-refractivity contribution in [2.75, 3.05) is 31.6 Å². The lowest BCUT2D eigenvalue weighted by atomic mass is 9.82. The van der Waals surface area contributed by atoms with E-state index >= 15 is 0 Å². The molecule has 1 N–H and O–H groups in total. The predicted molar refractivity (Wildman–Crippen MR) is 119 cm³/mol. The highest BCUT2D eigenvalue weighted by Gasteiger charge is 2.32. The maximum absolute atomic E-state index is 5.27. The minimum Gasteiger partial charge on any atom is -0.374 e. The van der Waals surface area contributed by atoms with Gasteiger partial charge in [0.05, 0.1) is 5.56 Å². The Morgan fingerprint density at radius 3 is 2.77 bits per heavy atom. The molecule has 158 valence electrons. The van der Waals surface area contributed by atoms with Crippen molar-refractivity contribution in [1.29, 1.82) is 0 Å². The first kappa shape index (κ1) is 19.3. The smallest absolute Gasteiger partial charge is 0.209 e. The van der Waals surface area contributed by atoms with Gasteiger partial charge in [0.2, 0.25) is 5.82 Å². The number of aryl methyl sites for hydroxylation is 1. The van der Waals surface area contributed by atoms with Crippen molar-refractivity contribution < 1.29 is 0 Å². The van der Waals surface area contributed by atoms with Crippen LogP contribution in [0.1, 0.15) is 55.8 Å². The average Bonchev–Trinajstić information content (AvgIpc) is 3.22. The van der Waals surface area contributed by atoms with E-state index in [0.717, 1.165) is 50.3 Å². The number of nitrogens with one attached hydrogen (secondary N) is 1. The Hall–Kier alpha value is -2.70. The topological polar surface area (TPSA) is 73.8 Å². The number of hydrogen-bond acceptors (Lipinski definition) is 6. The molecule has 1 unspecified atom stereocenters. The Morgan fingerprint density at radius 1 is 1.10 bits per heavy atom. The molecule has 0 saturated carbocycles. The third-order valence-corrected chi connectivity index (χ3v) is 6.70. The van der Waals surface area contributed by atoms with E-state index in [0.29, 0.717) is 11.7 Å². The van der Waals surface area contributed by atoms with E-state index in [1.165, 1.54) is 48.2 Å². The average molecular weight is 406 g/mol. The zero-order valence-electron chi connectivity index (χ0n) is 18.1. The second-order valence-electron chi connectivity index (χ2n) is 8.93. The maximum Gasteiger partial charge on any atom is 0.209 e. The first-order valence-electron chi connectivity index (χ1n) is 11.3. The number of pyridine rings is 1. The standard InChI is InChI=1S/C23H31N7/c1-16-10-11-18-17(15-16)20(19-9-5-3-6-12-29(19)2)21(22-25-27-28-26-22)23(24-18)30-13-7-4-8-14-30/h3,5,9,16H,4,6-8,10-15H2,1-2H3,(H,25,26,27,28). The summed E-state index contributed by atoms with van der Waals surface area (Å²) < 4.78 is 0. The van der Waals surface area contributed by atoms with E-state index in [2.05, 4.69) is 62.6 Å². The Morgan fingerprint density at radius 2 is 1.97 bits per heavy atom. The molecule has 2 aliphatic heterocycles. The molecule has 0 amide bonds. The van der Waals surface area contributed by atoms with Gasteiger partial charge in [-0.15, -0.1) is 10.2 Å². The number of anilines is 1. The Kier molecular flexibility index (Phi) is 5.27. The van der Waals surface area contributed by atoms with Crippen LogP contribution in [0.5, 0.6) is 0 Å². The van der Waals surface area contributed by atoms with Crippen molar-refractivity contribution in [2.24, 2.45) is 5.92 Å². The van der Waals surface area contributed by atoms with Gasteiger partial charge in [0.15, 0.2) is 0 Å². The van der Waals surface area contributed by atoms with E-state index in [4.69, 9.17) is 4.98 Å².